The number of hydrogen-bond acceptors (Lipinski definition) is 2. The van der Waals surface area contributed by atoms with Gasteiger partial charge in [0, 0.05) is 5.54 Å². The van der Waals surface area contributed by atoms with Crippen LogP contribution < -0.4 is 5.32 Å². The monoisotopic (exact) mass is 169 g/mol. The van der Waals surface area contributed by atoms with Crippen LogP contribution in [0.2, 0.25) is 0 Å². The van der Waals surface area contributed by atoms with Crippen LogP contribution in [0.5, 0.6) is 0 Å². The Hall–Kier alpha value is -0.860. The second kappa shape index (κ2) is 3.25. The second-order valence-electron chi connectivity index (χ2n) is 3.84. The summed E-state index contributed by atoms with van der Waals surface area (Å²) in [4.78, 5) is 21.7. The molecule has 0 unspecified atom stereocenters. The molecule has 0 aromatic heterocycles. The standard InChI is InChI=1S/C9H15NO2/c1-7(11)6-8(12)10-9(2)4-3-5-9/h3-6H2,1-2H3,(H,10,12). The highest BCUT2D eigenvalue weighted by Gasteiger charge is 2.32. The van der Waals surface area contributed by atoms with Crippen LogP contribution in [0.3, 0.4) is 0 Å². The normalized spacial score (nSPS) is 19.5. The third kappa shape index (κ3) is 2.32. The van der Waals surface area contributed by atoms with Crippen molar-refractivity contribution in [2.45, 2.75) is 45.1 Å². The highest BCUT2D eigenvalue weighted by atomic mass is 16.2. The van der Waals surface area contributed by atoms with E-state index in [0.29, 0.717) is 0 Å². The molecule has 3 nitrogen and oxygen atoms in total. The first kappa shape index (κ1) is 9.23. The summed E-state index contributed by atoms with van der Waals surface area (Å²) in [6.45, 7) is 3.46. The van der Waals surface area contributed by atoms with E-state index in [2.05, 4.69) is 5.32 Å². The van der Waals surface area contributed by atoms with E-state index in [1.54, 1.807) is 0 Å². The molecule has 12 heavy (non-hydrogen) atoms. The summed E-state index contributed by atoms with van der Waals surface area (Å²) in [7, 11) is 0. The molecule has 1 N–H and O–H groups in total. The SMILES string of the molecule is CC(=O)CC(=O)NC1(C)CCC1. The van der Waals surface area contributed by atoms with Gasteiger partial charge in [-0.1, -0.05) is 0 Å². The van der Waals surface area contributed by atoms with Crippen molar-refractivity contribution in [2.75, 3.05) is 0 Å². The van der Waals surface area contributed by atoms with Gasteiger partial charge in [-0.05, 0) is 33.1 Å². The van der Waals surface area contributed by atoms with E-state index in [0.717, 1.165) is 12.8 Å². The highest BCUT2D eigenvalue weighted by molar-refractivity contribution is 5.97. The van der Waals surface area contributed by atoms with Gasteiger partial charge in [0.15, 0.2) is 0 Å². The van der Waals surface area contributed by atoms with Crippen molar-refractivity contribution in [3.63, 3.8) is 0 Å². The Kier molecular flexibility index (Phi) is 2.50. The summed E-state index contributed by atoms with van der Waals surface area (Å²) < 4.78 is 0. The maximum absolute atomic E-state index is 11.1. The molecule has 0 atom stereocenters. The van der Waals surface area contributed by atoms with E-state index >= 15 is 0 Å². The molecule has 68 valence electrons. The molecule has 1 fully saturated rings. The number of carbonyl (C=O) groups excluding carboxylic acids is 2. The molecule has 1 aliphatic rings. The first-order chi connectivity index (χ1) is 5.52. The van der Waals surface area contributed by atoms with Gasteiger partial charge in [-0.25, -0.2) is 0 Å². The van der Waals surface area contributed by atoms with Crippen LogP contribution in [0.1, 0.15) is 39.5 Å². The van der Waals surface area contributed by atoms with Crippen molar-refractivity contribution in [2.24, 2.45) is 0 Å². The van der Waals surface area contributed by atoms with Gasteiger partial charge in [0.05, 0.1) is 6.42 Å². The van der Waals surface area contributed by atoms with Crippen molar-refractivity contribution in [1.82, 2.24) is 5.32 Å². The predicted octanol–water partition coefficient (Wildman–Crippen LogP) is 1.02. The third-order valence-corrected chi connectivity index (χ3v) is 2.31. The van der Waals surface area contributed by atoms with Gasteiger partial charge in [-0.15, -0.1) is 0 Å². The minimum absolute atomic E-state index is 0.0213. The quantitative estimate of drug-likeness (QED) is 0.641. The van der Waals surface area contributed by atoms with Crippen LogP contribution in [0, 0.1) is 0 Å². The second-order valence-corrected chi connectivity index (χ2v) is 3.84. The molecule has 3 heteroatoms. The predicted molar refractivity (Wildman–Crippen MR) is 45.7 cm³/mol. The summed E-state index contributed by atoms with van der Waals surface area (Å²) >= 11 is 0. The van der Waals surface area contributed by atoms with Crippen LogP contribution >= 0.6 is 0 Å². The Morgan fingerprint density at radius 3 is 2.33 bits per heavy atom. The lowest BCUT2D eigenvalue weighted by molar-refractivity contribution is -0.129. The number of rotatable bonds is 3. The van der Waals surface area contributed by atoms with Crippen molar-refractivity contribution in [3.8, 4) is 0 Å². The molecule has 0 aromatic carbocycles. The Morgan fingerprint density at radius 2 is 2.00 bits per heavy atom. The van der Waals surface area contributed by atoms with Crippen LogP contribution in [0.25, 0.3) is 0 Å². The van der Waals surface area contributed by atoms with Crippen molar-refractivity contribution < 1.29 is 9.59 Å². The largest absolute Gasteiger partial charge is 0.351 e. The molecular weight excluding hydrogens is 154 g/mol. The van der Waals surface area contributed by atoms with Crippen molar-refractivity contribution in [3.05, 3.63) is 0 Å². The molecule has 1 amide bonds. The summed E-state index contributed by atoms with van der Waals surface area (Å²) in [6, 6.07) is 0. The Balaban J connectivity index is 2.30. The lowest BCUT2D eigenvalue weighted by Gasteiger charge is -2.39. The Bertz CT molecular complexity index is 207. The minimum atomic E-state index is -0.135. The van der Waals surface area contributed by atoms with Gasteiger partial charge in [-0.2, -0.15) is 0 Å². The van der Waals surface area contributed by atoms with E-state index in [4.69, 9.17) is 0 Å². The smallest absolute Gasteiger partial charge is 0.227 e. The Morgan fingerprint density at radius 1 is 1.42 bits per heavy atom. The van der Waals surface area contributed by atoms with Crippen LogP contribution in [0.15, 0.2) is 0 Å². The average Bonchev–Trinajstić information content (AvgIpc) is 1.81. The molecule has 0 aromatic rings. The van der Waals surface area contributed by atoms with Crippen LogP contribution in [-0.4, -0.2) is 17.2 Å². The number of hydrogen-bond donors (Lipinski definition) is 1. The molecule has 0 saturated heterocycles. The lowest BCUT2D eigenvalue weighted by Crippen LogP contribution is -2.51. The number of Topliss-reactive ketones (excluding diaryl/α,β-unsaturated/α-hetero) is 1. The first-order valence-corrected chi connectivity index (χ1v) is 4.32. The molecule has 0 bridgehead atoms. The van der Waals surface area contributed by atoms with E-state index in [-0.39, 0.29) is 23.7 Å². The minimum Gasteiger partial charge on any atom is -0.351 e. The Labute approximate surface area is 72.5 Å². The number of nitrogens with one attached hydrogen (secondary N) is 1. The van der Waals surface area contributed by atoms with E-state index in [1.165, 1.54) is 13.3 Å². The fourth-order valence-corrected chi connectivity index (χ4v) is 1.44. The molecule has 0 radical (unpaired) electrons. The lowest BCUT2D eigenvalue weighted by atomic mass is 9.78. The zero-order chi connectivity index (χ0) is 9.19. The topological polar surface area (TPSA) is 46.2 Å². The van der Waals surface area contributed by atoms with Crippen molar-refractivity contribution in [1.29, 1.82) is 0 Å². The van der Waals surface area contributed by atoms with Crippen LogP contribution in [-0.2, 0) is 9.59 Å². The van der Waals surface area contributed by atoms with E-state index in [9.17, 15) is 9.59 Å². The molecule has 1 saturated carbocycles. The number of ketones is 1. The molecule has 0 spiro atoms. The maximum Gasteiger partial charge on any atom is 0.227 e. The van der Waals surface area contributed by atoms with Gasteiger partial charge >= 0.3 is 0 Å². The van der Waals surface area contributed by atoms with Gasteiger partial charge in [0.2, 0.25) is 5.91 Å². The molecule has 0 aliphatic heterocycles. The maximum atomic E-state index is 11.1. The number of amides is 1. The first-order valence-electron chi connectivity index (χ1n) is 4.32. The highest BCUT2D eigenvalue weighted by Crippen LogP contribution is 2.30. The van der Waals surface area contributed by atoms with Gasteiger partial charge in [0.1, 0.15) is 5.78 Å². The fourth-order valence-electron chi connectivity index (χ4n) is 1.44. The third-order valence-electron chi connectivity index (χ3n) is 2.31. The molecular formula is C9H15NO2. The summed E-state index contributed by atoms with van der Waals surface area (Å²) in [5.74, 6) is -0.208. The zero-order valence-electron chi connectivity index (χ0n) is 7.64. The van der Waals surface area contributed by atoms with Gasteiger partial charge in [-0.3, -0.25) is 9.59 Å². The van der Waals surface area contributed by atoms with E-state index < -0.39 is 0 Å². The fraction of sp³-hybridized carbons (Fsp3) is 0.778. The van der Waals surface area contributed by atoms with Crippen LogP contribution in [0.4, 0.5) is 0 Å². The van der Waals surface area contributed by atoms with Crippen molar-refractivity contribution >= 4 is 11.7 Å². The summed E-state index contributed by atoms with van der Waals surface area (Å²) in [5.41, 5.74) is -0.0213. The molecule has 1 aliphatic carbocycles. The average molecular weight is 169 g/mol. The summed E-state index contributed by atoms with van der Waals surface area (Å²) in [5, 5.41) is 2.86. The van der Waals surface area contributed by atoms with Gasteiger partial charge < -0.3 is 5.32 Å². The summed E-state index contributed by atoms with van der Waals surface area (Å²) in [6.07, 6.45) is 3.28. The molecule has 0 heterocycles. The van der Waals surface area contributed by atoms with Gasteiger partial charge in [0.25, 0.3) is 0 Å². The molecule has 1 rings (SSSR count). The zero-order valence-corrected chi connectivity index (χ0v) is 7.64. The number of carbonyl (C=O) groups is 2. The van der Waals surface area contributed by atoms with E-state index in [1.807, 2.05) is 6.92 Å².